The fourth-order valence-corrected chi connectivity index (χ4v) is 1.56. The maximum Gasteiger partial charge on any atom is 1.00 e. The summed E-state index contributed by atoms with van der Waals surface area (Å²) in [5.41, 5.74) is 0. The van der Waals surface area contributed by atoms with Gasteiger partial charge in [-0.25, -0.2) is 0 Å². The van der Waals surface area contributed by atoms with Crippen molar-refractivity contribution in [1.82, 2.24) is 6.15 Å². The van der Waals surface area contributed by atoms with Gasteiger partial charge in [-0.3, -0.25) is 9.59 Å². The van der Waals surface area contributed by atoms with Gasteiger partial charge in [0.1, 0.15) is 0 Å². The number of hydrogen-bond donors (Lipinski definition) is 3. The summed E-state index contributed by atoms with van der Waals surface area (Å²) in [7, 11) is 0. The van der Waals surface area contributed by atoms with Gasteiger partial charge in [0.15, 0.2) is 0 Å². The van der Waals surface area contributed by atoms with Crippen LogP contribution < -0.4 is 35.7 Å². The summed E-state index contributed by atoms with van der Waals surface area (Å²) in [6.07, 6.45) is 14.9. The van der Waals surface area contributed by atoms with Crippen molar-refractivity contribution in [3.05, 3.63) is 0 Å². The standard InChI is InChI=1S/C12H26.2C3H6O2.H3N.Na.H/c1-3-5-7-9-11-12-10-8-6-4-2;2*1-2-3(4)5;;;/h3-12H2,1-2H3;2*2H2,1H3,(H,4,5);1H3;;/q;;;;+1;-1. The van der Waals surface area contributed by atoms with E-state index in [4.69, 9.17) is 10.2 Å². The van der Waals surface area contributed by atoms with Crippen molar-refractivity contribution in [3.8, 4) is 0 Å². The third-order valence-electron chi connectivity index (χ3n) is 3.06. The first-order valence-corrected chi connectivity index (χ1v) is 8.89. The molecule has 0 saturated heterocycles. The average molecular weight is 360 g/mol. The number of aliphatic carboxylic acids is 2. The van der Waals surface area contributed by atoms with Crippen LogP contribution in [0.1, 0.15) is 106 Å². The van der Waals surface area contributed by atoms with E-state index in [-0.39, 0.29) is 50.0 Å². The smallest absolute Gasteiger partial charge is 1.00 e. The van der Waals surface area contributed by atoms with Crippen LogP contribution in [0.5, 0.6) is 0 Å². The van der Waals surface area contributed by atoms with Gasteiger partial charge in [-0.05, 0) is 0 Å². The van der Waals surface area contributed by atoms with E-state index in [1.54, 1.807) is 13.8 Å². The van der Waals surface area contributed by atoms with Crippen molar-refractivity contribution >= 4 is 11.9 Å². The Labute approximate surface area is 173 Å². The van der Waals surface area contributed by atoms with Crippen LogP contribution in [0, 0.1) is 0 Å². The fraction of sp³-hybridized carbons (Fsp3) is 0.889. The molecule has 144 valence electrons. The zero-order valence-corrected chi connectivity index (χ0v) is 18.9. The SMILES string of the molecule is CCC(=O)O.CCC(=O)O.CCCCCCCCCCCC.N.[H-].[Na+]. The van der Waals surface area contributed by atoms with Gasteiger partial charge in [0.05, 0.1) is 0 Å². The molecule has 0 aromatic rings. The van der Waals surface area contributed by atoms with Crippen molar-refractivity contribution < 1.29 is 50.8 Å². The van der Waals surface area contributed by atoms with Gasteiger partial charge in [-0.1, -0.05) is 91.9 Å². The van der Waals surface area contributed by atoms with Crippen LogP contribution in [0.4, 0.5) is 0 Å². The Hall–Kier alpha value is -0.100. The van der Waals surface area contributed by atoms with E-state index in [1.165, 1.54) is 64.2 Å². The quantitative estimate of drug-likeness (QED) is 0.388. The van der Waals surface area contributed by atoms with E-state index in [0.29, 0.717) is 0 Å². The molecule has 24 heavy (non-hydrogen) atoms. The number of carbonyl (C=O) groups is 2. The molecular weight excluding hydrogens is 317 g/mol. The third kappa shape index (κ3) is 57.5. The Balaban J connectivity index is -0.0000000592. The molecule has 0 spiro atoms. The number of unbranched alkanes of at least 4 members (excludes halogenated alkanes) is 9. The van der Waals surface area contributed by atoms with E-state index in [2.05, 4.69) is 13.8 Å². The maximum atomic E-state index is 9.37. The molecule has 0 unspecified atom stereocenters. The van der Waals surface area contributed by atoms with Crippen molar-refractivity contribution in [2.24, 2.45) is 0 Å². The van der Waals surface area contributed by atoms with E-state index in [9.17, 15) is 9.59 Å². The minimum absolute atomic E-state index is 0. The van der Waals surface area contributed by atoms with Crippen molar-refractivity contribution in [2.45, 2.75) is 105 Å². The third-order valence-corrected chi connectivity index (χ3v) is 3.06. The molecule has 0 aliphatic carbocycles. The summed E-state index contributed by atoms with van der Waals surface area (Å²) in [6, 6.07) is 0. The van der Waals surface area contributed by atoms with Gasteiger partial charge >= 0.3 is 41.5 Å². The van der Waals surface area contributed by atoms with Gasteiger partial charge in [0, 0.05) is 12.8 Å². The maximum absolute atomic E-state index is 9.37. The van der Waals surface area contributed by atoms with Gasteiger partial charge in [0.25, 0.3) is 0 Å². The van der Waals surface area contributed by atoms with Crippen molar-refractivity contribution in [2.75, 3.05) is 0 Å². The molecule has 5 N–H and O–H groups in total. The molecule has 0 atom stereocenters. The Bertz CT molecular complexity index is 221. The van der Waals surface area contributed by atoms with Crippen LogP contribution in [0.25, 0.3) is 0 Å². The summed E-state index contributed by atoms with van der Waals surface area (Å²) in [4.78, 5) is 18.7. The number of hydrogen-bond acceptors (Lipinski definition) is 3. The summed E-state index contributed by atoms with van der Waals surface area (Å²) in [5, 5.41) is 15.4. The Kier molecular flexibility index (Phi) is 50.1. The van der Waals surface area contributed by atoms with E-state index < -0.39 is 11.9 Å². The van der Waals surface area contributed by atoms with Crippen LogP contribution in [0.2, 0.25) is 0 Å². The Morgan fingerprint density at radius 2 is 0.792 bits per heavy atom. The molecule has 0 heterocycles. The molecule has 6 heteroatoms. The summed E-state index contributed by atoms with van der Waals surface area (Å²) in [5.74, 6) is -1.49. The van der Waals surface area contributed by atoms with Crippen molar-refractivity contribution in [1.29, 1.82) is 0 Å². The zero-order chi connectivity index (χ0) is 17.6. The minimum Gasteiger partial charge on any atom is -1.00 e. The van der Waals surface area contributed by atoms with Gasteiger partial charge in [0.2, 0.25) is 0 Å². The molecular formula is C18H42NNaO4. The first-order valence-electron chi connectivity index (χ1n) is 8.89. The summed E-state index contributed by atoms with van der Waals surface area (Å²) in [6.45, 7) is 7.76. The first kappa shape index (κ1) is 35.1. The predicted octanol–water partition coefficient (Wildman–Crippen LogP) is 3.17. The Morgan fingerprint density at radius 1 is 0.625 bits per heavy atom. The van der Waals surface area contributed by atoms with Crippen LogP contribution in [0.3, 0.4) is 0 Å². The molecule has 5 nitrogen and oxygen atoms in total. The van der Waals surface area contributed by atoms with Crippen LogP contribution in [-0.4, -0.2) is 22.2 Å². The Morgan fingerprint density at radius 3 is 0.917 bits per heavy atom. The first-order chi connectivity index (χ1) is 10.5. The van der Waals surface area contributed by atoms with E-state index in [0.717, 1.165) is 0 Å². The van der Waals surface area contributed by atoms with Crippen molar-refractivity contribution in [3.63, 3.8) is 0 Å². The number of carboxylic acid groups (broad SMARTS) is 2. The summed E-state index contributed by atoms with van der Waals surface area (Å²) < 4.78 is 0. The number of rotatable bonds is 11. The molecule has 0 aliphatic heterocycles. The molecule has 0 amide bonds. The van der Waals surface area contributed by atoms with Crippen LogP contribution in [0.15, 0.2) is 0 Å². The normalized spacial score (nSPS) is 8.33. The van der Waals surface area contributed by atoms with Crippen LogP contribution in [-0.2, 0) is 9.59 Å². The minimum atomic E-state index is -0.745. The van der Waals surface area contributed by atoms with E-state index >= 15 is 0 Å². The second kappa shape index (κ2) is 34.3. The molecule has 0 saturated carbocycles. The topological polar surface area (TPSA) is 110 Å². The molecule has 0 radical (unpaired) electrons. The monoisotopic (exact) mass is 359 g/mol. The average Bonchev–Trinajstić information content (AvgIpc) is 2.51. The largest absolute Gasteiger partial charge is 1.00 e. The second-order valence-electron chi connectivity index (χ2n) is 5.32. The van der Waals surface area contributed by atoms with Gasteiger partial charge < -0.3 is 17.8 Å². The second-order valence-corrected chi connectivity index (χ2v) is 5.32. The fourth-order valence-electron chi connectivity index (χ4n) is 1.56. The summed E-state index contributed by atoms with van der Waals surface area (Å²) >= 11 is 0. The predicted molar refractivity (Wildman–Crippen MR) is 99.5 cm³/mol. The molecule has 0 fully saturated rings. The molecule has 0 aromatic carbocycles. The van der Waals surface area contributed by atoms with Crippen LogP contribution >= 0.6 is 0 Å². The zero-order valence-electron chi connectivity index (χ0n) is 17.9. The van der Waals surface area contributed by atoms with E-state index in [1.807, 2.05) is 0 Å². The molecule has 0 rings (SSSR count). The van der Waals surface area contributed by atoms with Gasteiger partial charge in [-0.2, -0.15) is 0 Å². The molecule has 0 bridgehead atoms. The number of carboxylic acids is 2. The molecule has 0 aromatic heterocycles. The van der Waals surface area contributed by atoms with Gasteiger partial charge in [-0.15, -0.1) is 0 Å². The molecule has 0 aliphatic rings.